The smallest absolute Gasteiger partial charge is 0.338 e. The number of benzene rings is 2. The van der Waals surface area contributed by atoms with Gasteiger partial charge in [-0.2, -0.15) is 0 Å². The molecule has 0 aliphatic heterocycles. The molecule has 0 aliphatic rings. The number of ether oxygens (including phenoxy) is 2. The van der Waals surface area contributed by atoms with Gasteiger partial charge in [0.15, 0.2) is 6.10 Å². The van der Waals surface area contributed by atoms with Gasteiger partial charge >= 0.3 is 5.97 Å². The van der Waals surface area contributed by atoms with Crippen molar-refractivity contribution in [3.05, 3.63) is 59.7 Å². The summed E-state index contributed by atoms with van der Waals surface area (Å²) in [6.45, 7) is 1.52. The van der Waals surface area contributed by atoms with Crippen molar-refractivity contribution in [3.8, 4) is 5.75 Å². The normalized spacial score (nSPS) is 11.2. The van der Waals surface area contributed by atoms with E-state index in [1.165, 1.54) is 26.2 Å². The van der Waals surface area contributed by atoms with Crippen LogP contribution in [0.25, 0.3) is 0 Å². The highest BCUT2D eigenvalue weighted by molar-refractivity contribution is 6.01. The standard InChI is InChI=1S/C18H17NO5/c1-12(17(21)13-5-9-16(23-2)10-6-13)24-18(22)14-3-7-15(8-4-14)19-11-20/h3-12H,1-2H3,(H,19,20). The highest BCUT2D eigenvalue weighted by Crippen LogP contribution is 2.15. The Morgan fingerprint density at radius 2 is 1.58 bits per heavy atom. The van der Waals surface area contributed by atoms with E-state index >= 15 is 0 Å². The van der Waals surface area contributed by atoms with Crippen molar-refractivity contribution < 1.29 is 23.9 Å². The molecule has 0 heterocycles. The number of Topliss-reactive ketones (excluding diaryl/α,β-unsaturated/α-hetero) is 1. The van der Waals surface area contributed by atoms with E-state index < -0.39 is 12.1 Å². The Bertz CT molecular complexity index is 722. The van der Waals surface area contributed by atoms with Gasteiger partial charge in [-0.15, -0.1) is 0 Å². The SMILES string of the molecule is COc1ccc(C(=O)C(C)OC(=O)c2ccc(NC=O)cc2)cc1. The Balaban J connectivity index is 2.01. The van der Waals surface area contributed by atoms with Gasteiger partial charge < -0.3 is 14.8 Å². The van der Waals surface area contributed by atoms with Crippen molar-refractivity contribution in [2.45, 2.75) is 13.0 Å². The highest BCUT2D eigenvalue weighted by Gasteiger charge is 2.20. The largest absolute Gasteiger partial charge is 0.497 e. The molecule has 124 valence electrons. The first-order valence-electron chi connectivity index (χ1n) is 7.24. The number of hydrogen-bond donors (Lipinski definition) is 1. The van der Waals surface area contributed by atoms with Crippen LogP contribution in [0.4, 0.5) is 5.69 Å². The summed E-state index contributed by atoms with van der Waals surface area (Å²) in [6.07, 6.45) is -0.373. The Morgan fingerprint density at radius 3 is 2.12 bits per heavy atom. The highest BCUT2D eigenvalue weighted by atomic mass is 16.5. The summed E-state index contributed by atoms with van der Waals surface area (Å²) in [6, 6.07) is 12.7. The molecule has 2 aromatic carbocycles. The van der Waals surface area contributed by atoms with E-state index in [0.717, 1.165) is 0 Å². The summed E-state index contributed by atoms with van der Waals surface area (Å²) in [7, 11) is 1.54. The van der Waals surface area contributed by atoms with Crippen LogP contribution >= 0.6 is 0 Å². The number of rotatable bonds is 7. The van der Waals surface area contributed by atoms with Crippen LogP contribution in [0.1, 0.15) is 27.6 Å². The van der Waals surface area contributed by atoms with Crippen molar-refractivity contribution in [2.75, 3.05) is 12.4 Å². The first-order chi connectivity index (χ1) is 11.5. The van der Waals surface area contributed by atoms with E-state index in [1.54, 1.807) is 36.4 Å². The summed E-state index contributed by atoms with van der Waals surface area (Å²) in [5, 5.41) is 2.47. The van der Waals surface area contributed by atoms with Gasteiger partial charge in [0, 0.05) is 11.3 Å². The van der Waals surface area contributed by atoms with E-state index in [9.17, 15) is 14.4 Å². The number of ketones is 1. The molecule has 24 heavy (non-hydrogen) atoms. The molecule has 0 saturated carbocycles. The first-order valence-corrected chi connectivity index (χ1v) is 7.24. The molecular weight excluding hydrogens is 310 g/mol. The average Bonchev–Trinajstić information content (AvgIpc) is 2.62. The predicted molar refractivity (Wildman–Crippen MR) is 88.3 cm³/mol. The summed E-state index contributed by atoms with van der Waals surface area (Å²) in [5.41, 5.74) is 1.28. The zero-order valence-corrected chi connectivity index (χ0v) is 13.3. The minimum absolute atomic E-state index is 0.292. The van der Waals surface area contributed by atoms with Crippen LogP contribution in [-0.4, -0.2) is 31.4 Å². The number of anilines is 1. The molecule has 2 rings (SSSR count). The maximum absolute atomic E-state index is 12.3. The molecule has 0 aliphatic carbocycles. The third-order valence-corrected chi connectivity index (χ3v) is 3.37. The number of nitrogens with one attached hydrogen (secondary N) is 1. The van der Waals surface area contributed by atoms with E-state index in [2.05, 4.69) is 5.32 Å². The van der Waals surface area contributed by atoms with Crippen molar-refractivity contribution in [3.63, 3.8) is 0 Å². The molecule has 0 bridgehead atoms. The fraction of sp³-hybridized carbons (Fsp3) is 0.167. The van der Waals surface area contributed by atoms with Gasteiger partial charge in [-0.25, -0.2) is 4.79 Å². The maximum atomic E-state index is 12.3. The summed E-state index contributed by atoms with van der Waals surface area (Å²) < 4.78 is 10.2. The van der Waals surface area contributed by atoms with E-state index in [1.807, 2.05) is 0 Å². The number of amides is 1. The van der Waals surface area contributed by atoms with Gasteiger partial charge in [0.1, 0.15) is 5.75 Å². The third-order valence-electron chi connectivity index (χ3n) is 3.37. The quantitative estimate of drug-likeness (QED) is 0.480. The van der Waals surface area contributed by atoms with Crippen molar-refractivity contribution in [1.29, 1.82) is 0 Å². The van der Waals surface area contributed by atoms with Gasteiger partial charge in [0.2, 0.25) is 12.2 Å². The number of hydrogen-bond acceptors (Lipinski definition) is 5. The predicted octanol–water partition coefficient (Wildman–Crippen LogP) is 2.69. The molecule has 1 N–H and O–H groups in total. The molecular formula is C18H17NO5. The number of esters is 1. The first kappa shape index (κ1) is 17.2. The molecule has 0 aromatic heterocycles. The average molecular weight is 327 g/mol. The lowest BCUT2D eigenvalue weighted by Gasteiger charge is -2.13. The van der Waals surface area contributed by atoms with Crippen LogP contribution in [0.2, 0.25) is 0 Å². The van der Waals surface area contributed by atoms with Gasteiger partial charge in [-0.05, 0) is 55.5 Å². The van der Waals surface area contributed by atoms with E-state index in [0.29, 0.717) is 29.0 Å². The third kappa shape index (κ3) is 4.19. The molecule has 6 nitrogen and oxygen atoms in total. The zero-order valence-electron chi connectivity index (χ0n) is 13.3. The van der Waals surface area contributed by atoms with Gasteiger partial charge in [-0.3, -0.25) is 9.59 Å². The monoisotopic (exact) mass is 327 g/mol. The lowest BCUT2D eigenvalue weighted by Crippen LogP contribution is -2.24. The second-order valence-corrected chi connectivity index (χ2v) is 4.98. The van der Waals surface area contributed by atoms with Crippen LogP contribution in [0.3, 0.4) is 0 Å². The fourth-order valence-corrected chi connectivity index (χ4v) is 2.04. The topological polar surface area (TPSA) is 81.7 Å². The van der Waals surface area contributed by atoms with Crippen LogP contribution in [0.15, 0.2) is 48.5 Å². The van der Waals surface area contributed by atoms with Gasteiger partial charge in [0.25, 0.3) is 0 Å². The minimum atomic E-state index is -0.918. The van der Waals surface area contributed by atoms with Crippen LogP contribution in [-0.2, 0) is 9.53 Å². The molecule has 0 fully saturated rings. The second kappa shape index (κ2) is 7.92. The van der Waals surface area contributed by atoms with Crippen molar-refractivity contribution in [2.24, 2.45) is 0 Å². The Hall–Kier alpha value is -3.15. The summed E-state index contributed by atoms with van der Waals surface area (Å²) >= 11 is 0. The lowest BCUT2D eigenvalue weighted by molar-refractivity contribution is -0.105. The zero-order chi connectivity index (χ0) is 17.5. The second-order valence-electron chi connectivity index (χ2n) is 4.98. The molecule has 1 atom stereocenters. The lowest BCUT2D eigenvalue weighted by atomic mass is 10.1. The van der Waals surface area contributed by atoms with E-state index in [4.69, 9.17) is 9.47 Å². The summed E-state index contributed by atoms with van der Waals surface area (Å²) in [5.74, 6) is -0.271. The van der Waals surface area contributed by atoms with Crippen LogP contribution < -0.4 is 10.1 Å². The molecule has 0 saturated heterocycles. The van der Waals surface area contributed by atoms with E-state index in [-0.39, 0.29) is 5.78 Å². The molecule has 1 unspecified atom stereocenters. The molecule has 1 amide bonds. The maximum Gasteiger partial charge on any atom is 0.338 e. The Labute approximate surface area is 139 Å². The van der Waals surface area contributed by atoms with Crippen LogP contribution in [0, 0.1) is 0 Å². The number of carbonyl (C=O) groups is 3. The minimum Gasteiger partial charge on any atom is -0.497 e. The number of carbonyl (C=O) groups excluding carboxylic acids is 3. The summed E-state index contributed by atoms with van der Waals surface area (Å²) in [4.78, 5) is 34.7. The molecule has 6 heteroatoms. The van der Waals surface area contributed by atoms with Crippen molar-refractivity contribution >= 4 is 23.9 Å². The molecule has 2 aromatic rings. The Kier molecular flexibility index (Phi) is 5.68. The van der Waals surface area contributed by atoms with Gasteiger partial charge in [0.05, 0.1) is 12.7 Å². The molecule has 0 spiro atoms. The fourth-order valence-electron chi connectivity index (χ4n) is 2.04. The van der Waals surface area contributed by atoms with Gasteiger partial charge in [-0.1, -0.05) is 0 Å². The van der Waals surface area contributed by atoms with Crippen LogP contribution in [0.5, 0.6) is 5.75 Å². The Morgan fingerprint density at radius 1 is 1.00 bits per heavy atom. The molecule has 0 radical (unpaired) electrons. The van der Waals surface area contributed by atoms with Crippen molar-refractivity contribution in [1.82, 2.24) is 0 Å². The number of methoxy groups -OCH3 is 1.